The Bertz CT molecular complexity index is 671. The van der Waals surface area contributed by atoms with Crippen LogP contribution in [0.4, 0.5) is 0 Å². The monoisotopic (exact) mass is 389 g/mol. The van der Waals surface area contributed by atoms with Gasteiger partial charge >= 0.3 is 0 Å². The lowest BCUT2D eigenvalue weighted by molar-refractivity contribution is -0.123. The van der Waals surface area contributed by atoms with E-state index in [4.69, 9.17) is 4.74 Å². The molecule has 1 saturated heterocycles. The summed E-state index contributed by atoms with van der Waals surface area (Å²) in [5, 5.41) is 5.76. The first kappa shape index (κ1) is 22.4. The Morgan fingerprint density at radius 2 is 1.64 bits per heavy atom. The highest BCUT2D eigenvalue weighted by atomic mass is 16.5. The molecule has 1 aliphatic rings. The Hall–Kier alpha value is -1.92. The molecule has 2 rings (SSSR count). The number of carbonyl (C=O) groups excluding carboxylic acids is 2. The van der Waals surface area contributed by atoms with E-state index in [-0.39, 0.29) is 22.8 Å². The molecule has 1 aromatic carbocycles. The van der Waals surface area contributed by atoms with Crippen molar-refractivity contribution >= 4 is 11.8 Å². The number of amides is 2. The first-order chi connectivity index (χ1) is 13.0. The lowest BCUT2D eigenvalue weighted by atomic mass is 9.86. The van der Waals surface area contributed by atoms with Gasteiger partial charge in [-0.3, -0.25) is 14.5 Å². The van der Waals surface area contributed by atoms with Crippen LogP contribution in [0.2, 0.25) is 0 Å². The predicted molar refractivity (Wildman–Crippen MR) is 112 cm³/mol. The summed E-state index contributed by atoms with van der Waals surface area (Å²) in [6.07, 6.45) is 0. The summed E-state index contributed by atoms with van der Waals surface area (Å²) < 4.78 is 5.39. The number of morpholine rings is 1. The molecule has 0 aliphatic carbocycles. The number of hydrogen-bond acceptors (Lipinski definition) is 4. The zero-order valence-corrected chi connectivity index (χ0v) is 18.1. The van der Waals surface area contributed by atoms with Crippen LogP contribution < -0.4 is 10.6 Å². The van der Waals surface area contributed by atoms with E-state index in [9.17, 15) is 9.59 Å². The zero-order valence-electron chi connectivity index (χ0n) is 18.1. The Balaban J connectivity index is 1.86. The maximum absolute atomic E-state index is 12.5. The average Bonchev–Trinajstić information content (AvgIpc) is 2.66. The molecule has 1 unspecified atom stereocenters. The molecule has 1 atom stereocenters. The normalized spacial score (nSPS) is 17.1. The first-order valence-electron chi connectivity index (χ1n) is 10.0. The smallest absolute Gasteiger partial charge is 0.251 e. The standard InChI is InChI=1S/C22H35N3O3/c1-16(19(26)23-15-22(5,6)25-11-13-28-14-12-25)24-20(27)17-7-9-18(10-8-17)21(2,3)4/h7-10,16H,11-15H2,1-6H3,(H,23,26)(H,24,27). The van der Waals surface area contributed by atoms with Crippen LogP contribution in [0.5, 0.6) is 0 Å². The molecule has 28 heavy (non-hydrogen) atoms. The number of carbonyl (C=O) groups is 2. The van der Waals surface area contributed by atoms with E-state index < -0.39 is 6.04 Å². The average molecular weight is 390 g/mol. The van der Waals surface area contributed by atoms with Crippen molar-refractivity contribution in [3.05, 3.63) is 35.4 Å². The highest BCUT2D eigenvalue weighted by molar-refractivity contribution is 5.97. The minimum Gasteiger partial charge on any atom is -0.379 e. The van der Waals surface area contributed by atoms with Gasteiger partial charge in [0.1, 0.15) is 6.04 Å². The third kappa shape index (κ3) is 6.04. The summed E-state index contributed by atoms with van der Waals surface area (Å²) in [5.74, 6) is -0.420. The van der Waals surface area contributed by atoms with Crippen molar-refractivity contribution in [2.75, 3.05) is 32.8 Å². The third-order valence-electron chi connectivity index (χ3n) is 5.32. The molecule has 0 radical (unpaired) electrons. The molecule has 0 bridgehead atoms. The van der Waals surface area contributed by atoms with Gasteiger partial charge in [0.25, 0.3) is 5.91 Å². The van der Waals surface area contributed by atoms with Crippen LogP contribution in [-0.2, 0) is 14.9 Å². The molecule has 1 heterocycles. The van der Waals surface area contributed by atoms with E-state index in [1.807, 2.05) is 24.3 Å². The first-order valence-corrected chi connectivity index (χ1v) is 10.0. The minimum atomic E-state index is -0.602. The lowest BCUT2D eigenvalue weighted by Gasteiger charge is -2.41. The summed E-state index contributed by atoms with van der Waals surface area (Å²) in [6.45, 7) is 16.0. The van der Waals surface area contributed by atoms with E-state index in [0.29, 0.717) is 12.1 Å². The molecule has 0 saturated carbocycles. The van der Waals surface area contributed by atoms with Crippen molar-refractivity contribution in [1.29, 1.82) is 0 Å². The maximum atomic E-state index is 12.5. The predicted octanol–water partition coefficient (Wildman–Crippen LogP) is 2.33. The van der Waals surface area contributed by atoms with Crippen molar-refractivity contribution in [2.45, 2.75) is 58.5 Å². The van der Waals surface area contributed by atoms with E-state index in [0.717, 1.165) is 26.3 Å². The van der Waals surface area contributed by atoms with Gasteiger partial charge in [-0.05, 0) is 43.9 Å². The number of nitrogens with zero attached hydrogens (tertiary/aromatic N) is 1. The highest BCUT2D eigenvalue weighted by Crippen LogP contribution is 2.22. The second-order valence-electron chi connectivity index (χ2n) is 9.15. The van der Waals surface area contributed by atoms with Crippen LogP contribution >= 0.6 is 0 Å². The van der Waals surface area contributed by atoms with Crippen LogP contribution in [0, 0.1) is 0 Å². The van der Waals surface area contributed by atoms with Gasteiger partial charge in [-0.2, -0.15) is 0 Å². The molecular weight excluding hydrogens is 354 g/mol. The van der Waals surface area contributed by atoms with Crippen molar-refractivity contribution in [2.24, 2.45) is 0 Å². The minimum absolute atomic E-state index is 0.0372. The number of hydrogen-bond donors (Lipinski definition) is 2. The van der Waals surface area contributed by atoms with Gasteiger partial charge < -0.3 is 15.4 Å². The Morgan fingerprint density at radius 3 is 2.18 bits per heavy atom. The van der Waals surface area contributed by atoms with Gasteiger partial charge in [-0.25, -0.2) is 0 Å². The van der Waals surface area contributed by atoms with Crippen LogP contribution in [0.25, 0.3) is 0 Å². The van der Waals surface area contributed by atoms with Crippen LogP contribution in [0.15, 0.2) is 24.3 Å². The van der Waals surface area contributed by atoms with Crippen molar-refractivity contribution in [3.63, 3.8) is 0 Å². The molecule has 2 N–H and O–H groups in total. The number of rotatable bonds is 6. The molecule has 1 fully saturated rings. The molecule has 156 valence electrons. The summed E-state index contributed by atoms with van der Waals surface area (Å²) in [6, 6.07) is 6.94. The van der Waals surface area contributed by atoms with Crippen LogP contribution in [0.1, 0.15) is 57.5 Å². The third-order valence-corrected chi connectivity index (χ3v) is 5.32. The fourth-order valence-corrected chi connectivity index (χ4v) is 3.20. The Kier molecular flexibility index (Phi) is 7.23. The molecule has 6 nitrogen and oxygen atoms in total. The molecule has 1 aromatic rings. The van der Waals surface area contributed by atoms with Crippen molar-refractivity contribution < 1.29 is 14.3 Å². The summed E-state index contributed by atoms with van der Waals surface area (Å²) in [4.78, 5) is 27.2. The molecule has 1 aliphatic heterocycles. The van der Waals surface area contributed by atoms with Gasteiger partial charge in [0.15, 0.2) is 0 Å². The van der Waals surface area contributed by atoms with E-state index in [1.54, 1.807) is 6.92 Å². The van der Waals surface area contributed by atoms with Crippen molar-refractivity contribution in [3.8, 4) is 0 Å². The zero-order chi connectivity index (χ0) is 20.9. The Morgan fingerprint density at radius 1 is 1.07 bits per heavy atom. The number of benzene rings is 1. The van der Waals surface area contributed by atoms with Gasteiger partial charge in [-0.1, -0.05) is 32.9 Å². The van der Waals surface area contributed by atoms with Gasteiger partial charge in [0, 0.05) is 30.7 Å². The number of ether oxygens (including phenoxy) is 1. The lowest BCUT2D eigenvalue weighted by Crippen LogP contribution is -2.57. The molecule has 0 aromatic heterocycles. The quantitative estimate of drug-likeness (QED) is 0.783. The van der Waals surface area contributed by atoms with Gasteiger partial charge in [0.05, 0.1) is 13.2 Å². The topological polar surface area (TPSA) is 70.7 Å². The molecule has 0 spiro atoms. The Labute approximate surface area is 169 Å². The molecule has 6 heteroatoms. The summed E-state index contributed by atoms with van der Waals surface area (Å²) >= 11 is 0. The molecule has 2 amide bonds. The second-order valence-corrected chi connectivity index (χ2v) is 9.15. The second kappa shape index (κ2) is 9.05. The maximum Gasteiger partial charge on any atom is 0.251 e. The fourth-order valence-electron chi connectivity index (χ4n) is 3.20. The SMILES string of the molecule is CC(NC(=O)c1ccc(C(C)(C)C)cc1)C(=O)NCC(C)(C)N1CCOCC1. The molecular formula is C22H35N3O3. The van der Waals surface area contributed by atoms with E-state index >= 15 is 0 Å². The van der Waals surface area contributed by atoms with Crippen molar-refractivity contribution in [1.82, 2.24) is 15.5 Å². The fraction of sp³-hybridized carbons (Fsp3) is 0.636. The summed E-state index contributed by atoms with van der Waals surface area (Å²) in [5.41, 5.74) is 1.60. The van der Waals surface area contributed by atoms with Crippen LogP contribution in [0.3, 0.4) is 0 Å². The largest absolute Gasteiger partial charge is 0.379 e. The van der Waals surface area contributed by atoms with Gasteiger partial charge in [0.2, 0.25) is 5.91 Å². The van der Waals surface area contributed by atoms with Crippen LogP contribution in [-0.4, -0.2) is 61.1 Å². The van der Waals surface area contributed by atoms with Gasteiger partial charge in [-0.15, -0.1) is 0 Å². The van der Waals surface area contributed by atoms with E-state index in [2.05, 4.69) is 50.2 Å². The number of nitrogens with one attached hydrogen (secondary N) is 2. The highest BCUT2D eigenvalue weighted by Gasteiger charge is 2.29. The summed E-state index contributed by atoms with van der Waals surface area (Å²) in [7, 11) is 0. The van der Waals surface area contributed by atoms with E-state index in [1.165, 1.54) is 5.56 Å².